The summed E-state index contributed by atoms with van der Waals surface area (Å²) >= 11 is 0. The zero-order chi connectivity index (χ0) is 16.8. The first-order chi connectivity index (χ1) is 11.0. The highest BCUT2D eigenvalue weighted by Crippen LogP contribution is 2.16. The second kappa shape index (κ2) is 7.45. The van der Waals surface area contributed by atoms with Gasteiger partial charge in [-0.05, 0) is 44.0 Å². The molecule has 0 aliphatic heterocycles. The van der Waals surface area contributed by atoms with Crippen LogP contribution in [0.3, 0.4) is 0 Å². The second-order valence-electron chi connectivity index (χ2n) is 5.37. The van der Waals surface area contributed by atoms with Crippen molar-refractivity contribution in [1.82, 2.24) is 5.32 Å². The molecule has 0 atom stereocenters. The average Bonchev–Trinajstić information content (AvgIpc) is 2.49. The molecule has 0 saturated heterocycles. The summed E-state index contributed by atoms with van der Waals surface area (Å²) in [6.45, 7) is 5.54. The fourth-order valence-electron chi connectivity index (χ4n) is 2.13. The summed E-state index contributed by atoms with van der Waals surface area (Å²) in [6.07, 6.45) is 0. The molecule has 0 aliphatic carbocycles. The fraction of sp³-hybridized carbons (Fsp3) is 0.222. The number of para-hydroxylation sites is 1. The Morgan fingerprint density at radius 3 is 2.43 bits per heavy atom. The van der Waals surface area contributed by atoms with E-state index in [2.05, 4.69) is 10.6 Å². The molecule has 5 nitrogen and oxygen atoms in total. The highest BCUT2D eigenvalue weighted by molar-refractivity contribution is 6.01. The molecule has 0 heterocycles. The lowest BCUT2D eigenvalue weighted by Gasteiger charge is -2.11. The van der Waals surface area contributed by atoms with E-state index in [1.807, 2.05) is 51.1 Å². The van der Waals surface area contributed by atoms with Gasteiger partial charge in [0.2, 0.25) is 0 Å². The van der Waals surface area contributed by atoms with Gasteiger partial charge in [0.25, 0.3) is 5.91 Å². The van der Waals surface area contributed by atoms with E-state index in [1.165, 1.54) is 0 Å². The van der Waals surface area contributed by atoms with Crippen LogP contribution in [0.4, 0.5) is 10.5 Å². The molecule has 5 heteroatoms. The zero-order valence-corrected chi connectivity index (χ0v) is 13.5. The van der Waals surface area contributed by atoms with E-state index in [0.29, 0.717) is 11.4 Å². The first kappa shape index (κ1) is 16.5. The molecule has 0 fully saturated rings. The van der Waals surface area contributed by atoms with Crippen LogP contribution in [0.5, 0.6) is 5.75 Å². The van der Waals surface area contributed by atoms with Gasteiger partial charge in [0, 0.05) is 5.69 Å². The molecule has 0 aliphatic rings. The van der Waals surface area contributed by atoms with Crippen LogP contribution >= 0.6 is 0 Å². The number of benzene rings is 2. The van der Waals surface area contributed by atoms with Gasteiger partial charge in [-0.25, -0.2) is 4.79 Å². The van der Waals surface area contributed by atoms with Crippen molar-refractivity contribution in [3.05, 3.63) is 59.2 Å². The van der Waals surface area contributed by atoms with Gasteiger partial charge in [-0.1, -0.05) is 35.9 Å². The zero-order valence-electron chi connectivity index (χ0n) is 13.5. The molecule has 0 bridgehead atoms. The summed E-state index contributed by atoms with van der Waals surface area (Å²) in [6, 6.07) is 12.5. The van der Waals surface area contributed by atoms with Gasteiger partial charge in [-0.2, -0.15) is 0 Å². The molecule has 2 aromatic carbocycles. The van der Waals surface area contributed by atoms with Gasteiger partial charge in [0.05, 0.1) is 0 Å². The molecule has 2 rings (SSSR count). The number of nitrogens with one attached hydrogen (secondary N) is 2. The van der Waals surface area contributed by atoms with Gasteiger partial charge in [0.1, 0.15) is 5.75 Å². The number of rotatable bonds is 4. The predicted molar refractivity (Wildman–Crippen MR) is 89.8 cm³/mol. The standard InChI is InChI=1S/C18H20N2O3/c1-12-8-9-15(14(3)10-12)19-18(22)20-17(21)11-23-16-7-5-4-6-13(16)2/h4-10H,11H2,1-3H3,(H2,19,20,21,22). The molecule has 0 unspecified atom stereocenters. The lowest BCUT2D eigenvalue weighted by atomic mass is 10.1. The Morgan fingerprint density at radius 2 is 1.74 bits per heavy atom. The summed E-state index contributed by atoms with van der Waals surface area (Å²) in [7, 11) is 0. The third-order valence-electron chi connectivity index (χ3n) is 3.34. The van der Waals surface area contributed by atoms with Crippen molar-refractivity contribution < 1.29 is 14.3 Å². The van der Waals surface area contributed by atoms with E-state index in [1.54, 1.807) is 12.1 Å². The predicted octanol–water partition coefficient (Wildman–Crippen LogP) is 3.34. The van der Waals surface area contributed by atoms with Crippen LogP contribution in [0, 0.1) is 20.8 Å². The summed E-state index contributed by atoms with van der Waals surface area (Å²) in [5.74, 6) is 0.118. The normalized spacial score (nSPS) is 10.0. The molecule has 23 heavy (non-hydrogen) atoms. The second-order valence-corrected chi connectivity index (χ2v) is 5.37. The van der Waals surface area contributed by atoms with Crippen LogP contribution in [-0.2, 0) is 4.79 Å². The number of carbonyl (C=O) groups excluding carboxylic acids is 2. The van der Waals surface area contributed by atoms with Crippen molar-refractivity contribution in [1.29, 1.82) is 0 Å². The summed E-state index contributed by atoms with van der Waals surface area (Å²) in [4.78, 5) is 23.6. The minimum absolute atomic E-state index is 0.217. The summed E-state index contributed by atoms with van der Waals surface area (Å²) in [5, 5.41) is 4.90. The fourth-order valence-corrected chi connectivity index (χ4v) is 2.13. The van der Waals surface area contributed by atoms with E-state index in [4.69, 9.17) is 4.74 Å². The molecule has 3 amide bonds. The number of amides is 3. The van der Waals surface area contributed by atoms with Crippen molar-refractivity contribution >= 4 is 17.6 Å². The number of aryl methyl sites for hydroxylation is 3. The Hall–Kier alpha value is -2.82. The molecule has 0 radical (unpaired) electrons. The van der Waals surface area contributed by atoms with Crippen molar-refractivity contribution in [3.63, 3.8) is 0 Å². The van der Waals surface area contributed by atoms with E-state index >= 15 is 0 Å². The van der Waals surface area contributed by atoms with Crippen molar-refractivity contribution in [2.75, 3.05) is 11.9 Å². The van der Waals surface area contributed by atoms with Crippen LogP contribution in [0.25, 0.3) is 0 Å². The molecular formula is C18H20N2O3. The maximum absolute atomic E-state index is 11.8. The number of hydrogen-bond acceptors (Lipinski definition) is 3. The Labute approximate surface area is 135 Å². The number of ether oxygens (including phenoxy) is 1. The van der Waals surface area contributed by atoms with Crippen molar-refractivity contribution in [2.24, 2.45) is 0 Å². The van der Waals surface area contributed by atoms with Gasteiger partial charge >= 0.3 is 6.03 Å². The van der Waals surface area contributed by atoms with Gasteiger partial charge < -0.3 is 10.1 Å². The van der Waals surface area contributed by atoms with Crippen molar-refractivity contribution in [3.8, 4) is 5.75 Å². The maximum atomic E-state index is 11.8. The quantitative estimate of drug-likeness (QED) is 0.910. The maximum Gasteiger partial charge on any atom is 0.325 e. The summed E-state index contributed by atoms with van der Waals surface area (Å²) < 4.78 is 5.40. The van der Waals surface area contributed by atoms with E-state index in [9.17, 15) is 9.59 Å². The third kappa shape index (κ3) is 4.85. The van der Waals surface area contributed by atoms with Crippen LogP contribution in [-0.4, -0.2) is 18.5 Å². The first-order valence-corrected chi connectivity index (χ1v) is 7.32. The molecule has 0 aromatic heterocycles. The van der Waals surface area contributed by atoms with Gasteiger partial charge in [-0.15, -0.1) is 0 Å². The van der Waals surface area contributed by atoms with Gasteiger partial charge in [0.15, 0.2) is 6.61 Å². The lowest BCUT2D eigenvalue weighted by molar-refractivity contribution is -0.121. The van der Waals surface area contributed by atoms with E-state index < -0.39 is 11.9 Å². The molecule has 2 N–H and O–H groups in total. The molecule has 0 saturated carbocycles. The highest BCUT2D eigenvalue weighted by Gasteiger charge is 2.10. The number of hydrogen-bond donors (Lipinski definition) is 2. The highest BCUT2D eigenvalue weighted by atomic mass is 16.5. The van der Waals surface area contributed by atoms with E-state index in [-0.39, 0.29) is 6.61 Å². The summed E-state index contributed by atoms with van der Waals surface area (Å²) in [5.41, 5.74) is 3.64. The Morgan fingerprint density at radius 1 is 1.00 bits per heavy atom. The van der Waals surface area contributed by atoms with Crippen LogP contribution in [0.15, 0.2) is 42.5 Å². The number of carbonyl (C=O) groups is 2. The monoisotopic (exact) mass is 312 g/mol. The minimum atomic E-state index is -0.574. The number of imide groups is 1. The number of urea groups is 1. The topological polar surface area (TPSA) is 67.4 Å². The first-order valence-electron chi connectivity index (χ1n) is 7.32. The minimum Gasteiger partial charge on any atom is -0.483 e. The molecule has 120 valence electrons. The van der Waals surface area contributed by atoms with Crippen molar-refractivity contribution in [2.45, 2.75) is 20.8 Å². The average molecular weight is 312 g/mol. The SMILES string of the molecule is Cc1ccc(NC(=O)NC(=O)COc2ccccc2C)c(C)c1. The largest absolute Gasteiger partial charge is 0.483 e. The molecular weight excluding hydrogens is 292 g/mol. The lowest BCUT2D eigenvalue weighted by Crippen LogP contribution is -2.37. The van der Waals surface area contributed by atoms with Gasteiger partial charge in [-0.3, -0.25) is 10.1 Å². The van der Waals surface area contributed by atoms with Crippen LogP contribution < -0.4 is 15.4 Å². The van der Waals surface area contributed by atoms with Crippen LogP contribution in [0.1, 0.15) is 16.7 Å². The third-order valence-corrected chi connectivity index (χ3v) is 3.34. The number of anilines is 1. The Bertz CT molecular complexity index is 726. The molecule has 2 aromatic rings. The van der Waals surface area contributed by atoms with E-state index in [0.717, 1.165) is 16.7 Å². The Balaban J connectivity index is 1.85. The smallest absolute Gasteiger partial charge is 0.325 e. The Kier molecular flexibility index (Phi) is 5.36. The van der Waals surface area contributed by atoms with Crippen LogP contribution in [0.2, 0.25) is 0 Å². The molecule has 0 spiro atoms.